The molecule has 51 heavy (non-hydrogen) atoms. The second-order valence-electron chi connectivity index (χ2n) is 14.9. The Hall–Kier alpha value is -4.31. The van der Waals surface area contributed by atoms with E-state index in [9.17, 15) is 19.5 Å². The predicted molar refractivity (Wildman–Crippen MR) is 200 cm³/mol. The van der Waals surface area contributed by atoms with Crippen LogP contribution in [0.5, 0.6) is 5.75 Å². The van der Waals surface area contributed by atoms with Gasteiger partial charge < -0.3 is 19.0 Å². The molecule has 268 valence electrons. The van der Waals surface area contributed by atoms with Crippen molar-refractivity contribution in [3.05, 3.63) is 107 Å². The number of aromatic hydroxyl groups is 1. The summed E-state index contributed by atoms with van der Waals surface area (Å²) in [4.78, 5) is 40.9. The van der Waals surface area contributed by atoms with Crippen LogP contribution < -0.4 is 10.4 Å². The molecular weight excluding hydrogens is 659 g/mol. The summed E-state index contributed by atoms with van der Waals surface area (Å²) >= 11 is 0. The van der Waals surface area contributed by atoms with Crippen molar-refractivity contribution in [2.45, 2.75) is 70.9 Å². The van der Waals surface area contributed by atoms with Gasteiger partial charge in [-0.15, -0.1) is 0 Å². The molecular formula is C42H49NO7Si. The van der Waals surface area contributed by atoms with E-state index in [2.05, 4.69) is 82.3 Å². The van der Waals surface area contributed by atoms with Gasteiger partial charge in [0.2, 0.25) is 11.8 Å². The van der Waals surface area contributed by atoms with Gasteiger partial charge in [-0.1, -0.05) is 119 Å². The number of phenols is 1. The Morgan fingerprint density at radius 3 is 2.12 bits per heavy atom. The van der Waals surface area contributed by atoms with Crippen LogP contribution in [0, 0.1) is 17.8 Å². The van der Waals surface area contributed by atoms with Crippen LogP contribution in [-0.4, -0.2) is 62.7 Å². The third-order valence-corrected chi connectivity index (χ3v) is 15.8. The number of allylic oxidation sites excluding steroid dienone is 1. The number of rotatable bonds is 11. The summed E-state index contributed by atoms with van der Waals surface area (Å²) < 4.78 is 18.8. The molecule has 3 aromatic rings. The van der Waals surface area contributed by atoms with Crippen molar-refractivity contribution in [2.24, 2.45) is 17.8 Å². The Morgan fingerprint density at radius 2 is 1.55 bits per heavy atom. The molecule has 3 aliphatic rings. The van der Waals surface area contributed by atoms with Crippen LogP contribution >= 0.6 is 0 Å². The molecule has 0 saturated carbocycles. The third-order valence-electron chi connectivity index (χ3n) is 10.8. The maximum Gasteiger partial charge on any atom is 0.423 e. The Morgan fingerprint density at radius 1 is 0.922 bits per heavy atom. The lowest BCUT2D eigenvalue weighted by molar-refractivity contribution is -0.137. The molecule has 0 aromatic heterocycles. The highest BCUT2D eigenvalue weighted by Gasteiger charge is 2.59. The summed E-state index contributed by atoms with van der Waals surface area (Å²) in [6.45, 7) is 9.45. The fourth-order valence-electron chi connectivity index (χ4n) is 8.55. The standard InChI is InChI=1S/C42H49NO7Si/c1-6-13-28(24-29-18-21-31(44)22-19-29)20-23-36-37-30(25-34-38(35(37)27-49-36)40(46)43(39(34)45)41(47)48-5)26-50-51(42(2,3)4,32-14-9-7-10-15-32)33-16-11-8-12-17-33/h7-12,14-19,21-22,24,34-36,38,44H,6,13,20,23,25-27H2,1-5H3/b28-24+/t34-,35+,36-,38-/m1/s1. The molecule has 0 unspecified atom stereocenters. The molecule has 2 saturated heterocycles. The van der Waals surface area contributed by atoms with Crippen LogP contribution in [0.2, 0.25) is 5.04 Å². The lowest BCUT2D eigenvalue weighted by Gasteiger charge is -2.44. The first-order valence-corrected chi connectivity index (χ1v) is 19.9. The first kappa shape index (κ1) is 36.5. The van der Waals surface area contributed by atoms with Crippen molar-refractivity contribution in [3.63, 3.8) is 0 Å². The highest BCUT2D eigenvalue weighted by Crippen LogP contribution is 2.50. The number of imide groups is 3. The molecule has 3 amide bonds. The Balaban J connectivity index is 1.39. The van der Waals surface area contributed by atoms with Crippen molar-refractivity contribution in [1.29, 1.82) is 0 Å². The van der Waals surface area contributed by atoms with Gasteiger partial charge >= 0.3 is 6.09 Å². The Bertz CT molecular complexity index is 1760. The summed E-state index contributed by atoms with van der Waals surface area (Å²) in [6.07, 6.45) is 4.70. The molecule has 0 spiro atoms. The SMILES string of the molecule is CCC/C(=C\c1ccc(O)cc1)CC[C@H]1OC[C@H]2C1=C(CO[Si](c1ccccc1)(c1ccccc1)C(C)(C)C)C[C@H]1C(=O)N(C(=O)OC)C(=O)[C@H]12. The minimum Gasteiger partial charge on any atom is -0.508 e. The smallest absolute Gasteiger partial charge is 0.423 e. The lowest BCUT2D eigenvalue weighted by Crippen LogP contribution is -2.66. The normalized spacial score (nSPS) is 22.3. The molecule has 2 fully saturated rings. The number of likely N-dealkylation sites (tertiary alicyclic amines) is 1. The highest BCUT2D eigenvalue weighted by molar-refractivity contribution is 6.99. The number of benzene rings is 3. The minimum absolute atomic E-state index is 0.232. The van der Waals surface area contributed by atoms with Crippen molar-refractivity contribution in [1.82, 2.24) is 4.90 Å². The zero-order chi connectivity index (χ0) is 36.3. The number of carbonyl (C=O) groups is 3. The largest absolute Gasteiger partial charge is 0.508 e. The molecule has 6 rings (SSSR count). The van der Waals surface area contributed by atoms with Crippen LogP contribution in [0.1, 0.15) is 65.4 Å². The Kier molecular flexibility index (Phi) is 10.8. The molecule has 3 aromatic carbocycles. The number of ether oxygens (including phenoxy) is 2. The van der Waals surface area contributed by atoms with Gasteiger partial charge in [0.15, 0.2) is 0 Å². The fourth-order valence-corrected chi connectivity index (χ4v) is 13.1. The third kappa shape index (κ3) is 6.99. The fraction of sp³-hybridized carbons (Fsp3) is 0.405. The first-order valence-electron chi connectivity index (χ1n) is 18.0. The quantitative estimate of drug-likeness (QED) is 0.130. The zero-order valence-electron chi connectivity index (χ0n) is 30.3. The molecule has 9 heteroatoms. The lowest BCUT2D eigenvalue weighted by atomic mass is 9.69. The van der Waals surface area contributed by atoms with Crippen LogP contribution in [0.25, 0.3) is 6.08 Å². The highest BCUT2D eigenvalue weighted by atomic mass is 28.4. The second kappa shape index (κ2) is 15.1. The van der Waals surface area contributed by atoms with E-state index in [1.165, 1.54) is 12.7 Å². The van der Waals surface area contributed by atoms with Gasteiger partial charge in [0, 0.05) is 5.92 Å². The number of methoxy groups -OCH3 is 1. The number of phenolic OH excluding ortho intramolecular Hbond substituents is 1. The van der Waals surface area contributed by atoms with E-state index in [1.54, 1.807) is 12.1 Å². The van der Waals surface area contributed by atoms with Gasteiger partial charge in [0.05, 0.1) is 38.3 Å². The second-order valence-corrected chi connectivity index (χ2v) is 19.2. The van der Waals surface area contributed by atoms with Gasteiger partial charge in [-0.05, 0) is 69.9 Å². The predicted octanol–water partition coefficient (Wildman–Crippen LogP) is 7.02. The van der Waals surface area contributed by atoms with Gasteiger partial charge in [-0.3, -0.25) is 9.59 Å². The van der Waals surface area contributed by atoms with Gasteiger partial charge in [-0.2, -0.15) is 4.90 Å². The number of hydrogen-bond acceptors (Lipinski definition) is 7. The van der Waals surface area contributed by atoms with Gasteiger partial charge in [-0.25, -0.2) is 4.79 Å². The van der Waals surface area contributed by atoms with E-state index in [0.717, 1.165) is 46.3 Å². The average molecular weight is 708 g/mol. The topological polar surface area (TPSA) is 102 Å². The van der Waals surface area contributed by atoms with Crippen molar-refractivity contribution in [3.8, 4) is 5.75 Å². The molecule has 0 radical (unpaired) electrons. The number of hydrogen-bond donors (Lipinski definition) is 1. The van der Waals surface area contributed by atoms with Crippen LogP contribution in [-0.2, 0) is 23.5 Å². The summed E-state index contributed by atoms with van der Waals surface area (Å²) in [5.74, 6) is -2.49. The van der Waals surface area contributed by atoms with E-state index >= 15 is 0 Å². The maximum atomic E-state index is 13.8. The van der Waals surface area contributed by atoms with E-state index in [4.69, 9.17) is 13.9 Å². The van der Waals surface area contributed by atoms with E-state index in [1.807, 2.05) is 24.3 Å². The molecule has 0 bridgehead atoms. The van der Waals surface area contributed by atoms with Crippen molar-refractivity contribution < 1.29 is 33.4 Å². The van der Waals surface area contributed by atoms with Crippen LogP contribution in [0.15, 0.2) is 102 Å². The van der Waals surface area contributed by atoms with Crippen LogP contribution in [0.4, 0.5) is 4.79 Å². The molecule has 1 aliphatic carbocycles. The molecule has 1 N–H and O–H groups in total. The molecule has 4 atom stereocenters. The minimum atomic E-state index is -2.93. The maximum absolute atomic E-state index is 13.8. The number of fused-ring (bicyclic) bond motifs is 3. The summed E-state index contributed by atoms with van der Waals surface area (Å²) in [6, 6.07) is 28.1. The molecule has 8 nitrogen and oxygen atoms in total. The first-order chi connectivity index (χ1) is 24.5. The number of carbonyl (C=O) groups excluding carboxylic acids is 3. The molecule has 2 aliphatic heterocycles. The number of nitrogens with zero attached hydrogens (tertiary/aromatic N) is 1. The van der Waals surface area contributed by atoms with Crippen molar-refractivity contribution >= 4 is 42.7 Å². The van der Waals surface area contributed by atoms with Gasteiger partial charge in [0.25, 0.3) is 8.32 Å². The number of amides is 3. The Labute approximate surface area is 302 Å². The van der Waals surface area contributed by atoms with Crippen LogP contribution in [0.3, 0.4) is 0 Å². The zero-order valence-corrected chi connectivity index (χ0v) is 31.3. The van der Waals surface area contributed by atoms with Gasteiger partial charge in [0.1, 0.15) is 5.75 Å². The molecule has 2 heterocycles. The van der Waals surface area contributed by atoms with E-state index < -0.39 is 38.1 Å². The average Bonchev–Trinajstić information content (AvgIpc) is 3.66. The summed E-state index contributed by atoms with van der Waals surface area (Å²) in [5, 5.41) is 11.8. The summed E-state index contributed by atoms with van der Waals surface area (Å²) in [5.41, 5.74) is 4.34. The monoisotopic (exact) mass is 707 g/mol. The van der Waals surface area contributed by atoms with Crippen molar-refractivity contribution in [2.75, 3.05) is 20.3 Å². The van der Waals surface area contributed by atoms with E-state index in [-0.39, 0.29) is 29.4 Å². The van der Waals surface area contributed by atoms with E-state index in [0.29, 0.717) is 24.3 Å². The summed E-state index contributed by atoms with van der Waals surface area (Å²) in [7, 11) is -1.75.